The van der Waals surface area contributed by atoms with Crippen molar-refractivity contribution in [3.05, 3.63) is 23.5 Å². The van der Waals surface area contributed by atoms with E-state index in [-0.39, 0.29) is 11.3 Å². The van der Waals surface area contributed by atoms with Crippen molar-refractivity contribution in [1.29, 1.82) is 0 Å². The Morgan fingerprint density at radius 2 is 1.80 bits per heavy atom. The summed E-state index contributed by atoms with van der Waals surface area (Å²) in [4.78, 5) is 10.8. The van der Waals surface area contributed by atoms with E-state index in [1.165, 1.54) is 19.4 Å². The Hall–Kier alpha value is -1.25. The minimum Gasteiger partial charge on any atom is -0.512 e. The van der Waals surface area contributed by atoms with E-state index in [1.54, 1.807) is 0 Å². The number of aliphatic carboxylic acids is 1. The van der Waals surface area contributed by atoms with E-state index >= 15 is 0 Å². The quantitative estimate of drug-likeness (QED) is 0.428. The summed E-state index contributed by atoms with van der Waals surface area (Å²) in [7, 11) is 0. The van der Waals surface area contributed by atoms with Crippen LogP contribution in [0.25, 0.3) is 0 Å². The van der Waals surface area contributed by atoms with E-state index in [9.17, 15) is 4.79 Å². The van der Waals surface area contributed by atoms with Gasteiger partial charge in [0, 0.05) is 0 Å². The highest BCUT2D eigenvalue weighted by Gasteiger charge is 2.32. The zero-order valence-corrected chi connectivity index (χ0v) is 9.40. The molecule has 0 heterocycles. The molecule has 0 aromatic carbocycles. The van der Waals surface area contributed by atoms with Gasteiger partial charge < -0.3 is 10.2 Å². The molecule has 0 radical (unpaired) electrons. The Bertz CT molecular complexity index is 303. The molecule has 1 aliphatic carbocycles. The molecular weight excluding hydrogens is 192 g/mol. The number of carboxylic acid groups (broad SMARTS) is 1. The molecule has 1 aliphatic rings. The van der Waals surface area contributed by atoms with Crippen molar-refractivity contribution >= 4 is 5.97 Å². The van der Waals surface area contributed by atoms with Crippen molar-refractivity contribution in [1.82, 2.24) is 0 Å². The average molecular weight is 210 g/mol. The Morgan fingerprint density at radius 1 is 1.27 bits per heavy atom. The van der Waals surface area contributed by atoms with Gasteiger partial charge in [-0.25, -0.2) is 4.79 Å². The average Bonchev–Trinajstić information content (AvgIpc) is 2.11. The summed E-state index contributed by atoms with van der Waals surface area (Å²) in [6, 6.07) is 0. The monoisotopic (exact) mass is 210 g/mol. The molecule has 0 amide bonds. The molecule has 0 saturated heterocycles. The van der Waals surface area contributed by atoms with E-state index in [0.29, 0.717) is 17.8 Å². The Morgan fingerprint density at radius 3 is 2.13 bits per heavy atom. The fraction of sp³-hybridized carbons (Fsp3) is 0.583. The van der Waals surface area contributed by atoms with E-state index < -0.39 is 5.97 Å². The van der Waals surface area contributed by atoms with Gasteiger partial charge in [0.25, 0.3) is 0 Å². The van der Waals surface area contributed by atoms with Gasteiger partial charge in [0.1, 0.15) is 5.76 Å². The smallest absolute Gasteiger partial charge is 0.339 e. The van der Waals surface area contributed by atoms with Gasteiger partial charge in [-0.1, -0.05) is 19.9 Å². The molecular formula is C12H18O3. The Balaban J connectivity index is 2.71. The van der Waals surface area contributed by atoms with Gasteiger partial charge in [0.2, 0.25) is 0 Å². The molecule has 0 aliphatic heterocycles. The van der Waals surface area contributed by atoms with Gasteiger partial charge in [-0.2, -0.15) is 0 Å². The molecule has 1 fully saturated rings. The summed E-state index contributed by atoms with van der Waals surface area (Å²) in [6.45, 7) is 5.71. The van der Waals surface area contributed by atoms with Crippen LogP contribution < -0.4 is 0 Å². The van der Waals surface area contributed by atoms with Crippen molar-refractivity contribution in [2.24, 2.45) is 17.8 Å². The second-order valence-electron chi connectivity index (χ2n) is 4.43. The highest BCUT2D eigenvalue weighted by atomic mass is 16.4. The van der Waals surface area contributed by atoms with Crippen LogP contribution in [0.1, 0.15) is 27.2 Å². The molecule has 1 saturated carbocycles. The number of carboxylic acids is 1. The fourth-order valence-electron chi connectivity index (χ4n) is 2.20. The van der Waals surface area contributed by atoms with E-state index in [0.717, 1.165) is 0 Å². The van der Waals surface area contributed by atoms with Gasteiger partial charge in [-0.3, -0.25) is 0 Å². The maximum Gasteiger partial charge on any atom is 0.339 e. The van der Waals surface area contributed by atoms with Crippen molar-refractivity contribution in [3.8, 4) is 0 Å². The maximum absolute atomic E-state index is 10.8. The molecule has 0 aromatic heterocycles. The summed E-state index contributed by atoms with van der Waals surface area (Å²) in [5.41, 5.74) is -0.0127. The lowest BCUT2D eigenvalue weighted by Gasteiger charge is -2.39. The molecule has 2 atom stereocenters. The van der Waals surface area contributed by atoms with Gasteiger partial charge in [-0.15, -0.1) is 0 Å². The summed E-state index contributed by atoms with van der Waals surface area (Å²) in [5.74, 6) is 0.457. The molecule has 0 spiro atoms. The van der Waals surface area contributed by atoms with Crippen molar-refractivity contribution < 1.29 is 15.0 Å². The SMILES string of the molecule is C/C(O)=C(\C=C/C1C(C)CC1C)C(=O)O. The molecule has 84 valence electrons. The van der Waals surface area contributed by atoms with Crippen LogP contribution in [-0.4, -0.2) is 16.2 Å². The highest BCUT2D eigenvalue weighted by molar-refractivity contribution is 5.90. The number of allylic oxidation sites excluding steroid dienone is 2. The second-order valence-corrected chi connectivity index (χ2v) is 4.43. The third kappa shape index (κ3) is 2.61. The first kappa shape index (κ1) is 11.8. The first-order valence-electron chi connectivity index (χ1n) is 5.24. The molecule has 0 aromatic rings. The van der Waals surface area contributed by atoms with Crippen LogP contribution in [0.2, 0.25) is 0 Å². The molecule has 2 unspecified atom stereocenters. The normalized spacial score (nSPS) is 32.3. The van der Waals surface area contributed by atoms with E-state index in [2.05, 4.69) is 13.8 Å². The lowest BCUT2D eigenvalue weighted by Crippen LogP contribution is -2.31. The van der Waals surface area contributed by atoms with Crippen LogP contribution in [0.15, 0.2) is 23.5 Å². The van der Waals surface area contributed by atoms with Crippen molar-refractivity contribution in [3.63, 3.8) is 0 Å². The third-order valence-electron chi connectivity index (χ3n) is 3.16. The number of aliphatic hydroxyl groups excluding tert-OH is 1. The predicted molar refractivity (Wildman–Crippen MR) is 58.5 cm³/mol. The summed E-state index contributed by atoms with van der Waals surface area (Å²) < 4.78 is 0. The third-order valence-corrected chi connectivity index (χ3v) is 3.16. The van der Waals surface area contributed by atoms with E-state index in [4.69, 9.17) is 10.2 Å². The van der Waals surface area contributed by atoms with Crippen LogP contribution >= 0.6 is 0 Å². The first-order chi connectivity index (χ1) is 6.93. The number of aliphatic hydroxyl groups is 1. The summed E-state index contributed by atoms with van der Waals surface area (Å²) in [5, 5.41) is 18.0. The number of hydrogen-bond donors (Lipinski definition) is 2. The first-order valence-corrected chi connectivity index (χ1v) is 5.24. The van der Waals surface area contributed by atoms with Crippen molar-refractivity contribution in [2.75, 3.05) is 0 Å². The highest BCUT2D eigenvalue weighted by Crippen LogP contribution is 2.40. The number of carbonyl (C=O) groups is 1. The topological polar surface area (TPSA) is 57.5 Å². The summed E-state index contributed by atoms with van der Waals surface area (Å²) in [6.07, 6.45) is 4.62. The zero-order valence-electron chi connectivity index (χ0n) is 9.40. The Kier molecular flexibility index (Phi) is 3.56. The molecule has 0 bridgehead atoms. The minimum atomic E-state index is -1.08. The van der Waals surface area contributed by atoms with Gasteiger partial charge >= 0.3 is 5.97 Å². The minimum absolute atomic E-state index is 0.0127. The maximum atomic E-state index is 10.8. The van der Waals surface area contributed by atoms with Crippen LogP contribution in [0.3, 0.4) is 0 Å². The van der Waals surface area contributed by atoms with Crippen LogP contribution in [-0.2, 0) is 4.79 Å². The van der Waals surface area contributed by atoms with Crippen LogP contribution in [0.4, 0.5) is 0 Å². The standard InChI is InChI=1S/C12H18O3/c1-7-6-8(2)10(7)4-5-11(9(3)13)12(14)15/h4-5,7-8,10,13H,6H2,1-3H3,(H,14,15)/b5-4-,11-9-. The zero-order chi connectivity index (χ0) is 11.6. The lowest BCUT2D eigenvalue weighted by molar-refractivity contribution is -0.132. The second kappa shape index (κ2) is 4.51. The van der Waals surface area contributed by atoms with Crippen LogP contribution in [0.5, 0.6) is 0 Å². The molecule has 1 rings (SSSR count). The largest absolute Gasteiger partial charge is 0.512 e. The number of rotatable bonds is 3. The molecule has 3 heteroatoms. The van der Waals surface area contributed by atoms with Crippen LogP contribution in [0, 0.1) is 17.8 Å². The number of hydrogen-bond acceptors (Lipinski definition) is 2. The molecule has 3 nitrogen and oxygen atoms in total. The van der Waals surface area contributed by atoms with E-state index in [1.807, 2.05) is 6.08 Å². The van der Waals surface area contributed by atoms with Gasteiger partial charge in [0.15, 0.2) is 0 Å². The van der Waals surface area contributed by atoms with Gasteiger partial charge in [-0.05, 0) is 37.2 Å². The van der Waals surface area contributed by atoms with Crippen molar-refractivity contribution in [2.45, 2.75) is 27.2 Å². The van der Waals surface area contributed by atoms with Gasteiger partial charge in [0.05, 0.1) is 5.57 Å². The molecule has 15 heavy (non-hydrogen) atoms. The fourth-order valence-corrected chi connectivity index (χ4v) is 2.20. The molecule has 2 N–H and O–H groups in total. The Labute approximate surface area is 90.1 Å². The summed E-state index contributed by atoms with van der Waals surface area (Å²) >= 11 is 0. The lowest BCUT2D eigenvalue weighted by atomic mass is 9.66. The predicted octanol–water partition coefficient (Wildman–Crippen LogP) is 2.75.